The van der Waals surface area contributed by atoms with E-state index in [9.17, 15) is 9.59 Å². The van der Waals surface area contributed by atoms with E-state index >= 15 is 0 Å². The summed E-state index contributed by atoms with van der Waals surface area (Å²) >= 11 is 0. The Morgan fingerprint density at radius 3 is 2.30 bits per heavy atom. The fourth-order valence-electron chi connectivity index (χ4n) is 3.47. The monoisotopic (exact) mass is 368 g/mol. The Labute approximate surface area is 154 Å². The van der Waals surface area contributed by atoms with Crippen LogP contribution in [-0.4, -0.2) is 30.4 Å². The maximum Gasteiger partial charge on any atom is 0.325 e. The molecule has 0 aromatic heterocycles. The highest BCUT2D eigenvalue weighted by Gasteiger charge is 2.49. The van der Waals surface area contributed by atoms with Crippen LogP contribution in [0.15, 0.2) is 36.4 Å². The number of carbonyl (C=O) groups is 2. The number of fused-ring (bicyclic) bond motifs is 2. The molecule has 1 N–H and O–H groups in total. The van der Waals surface area contributed by atoms with E-state index in [4.69, 9.17) is 18.9 Å². The average Bonchev–Trinajstić information content (AvgIpc) is 3.36. The maximum absolute atomic E-state index is 13.1. The Balaban J connectivity index is 1.42. The summed E-state index contributed by atoms with van der Waals surface area (Å²) in [5, 5.41) is 2.80. The molecular formula is C19H16N2O6. The van der Waals surface area contributed by atoms with E-state index in [0.29, 0.717) is 28.6 Å². The molecule has 1 fully saturated rings. The van der Waals surface area contributed by atoms with Gasteiger partial charge in [-0.2, -0.15) is 0 Å². The maximum atomic E-state index is 13.1. The molecule has 2 aromatic rings. The number of imide groups is 1. The average molecular weight is 368 g/mol. The number of benzene rings is 2. The van der Waals surface area contributed by atoms with E-state index in [1.54, 1.807) is 37.3 Å². The molecule has 0 spiro atoms. The van der Waals surface area contributed by atoms with Gasteiger partial charge in [0.2, 0.25) is 13.6 Å². The Morgan fingerprint density at radius 2 is 1.56 bits per heavy atom. The van der Waals surface area contributed by atoms with Crippen LogP contribution in [-0.2, 0) is 16.9 Å². The highest BCUT2D eigenvalue weighted by molar-refractivity contribution is 6.07. The summed E-state index contributed by atoms with van der Waals surface area (Å²) in [7, 11) is 0. The largest absolute Gasteiger partial charge is 0.454 e. The van der Waals surface area contributed by atoms with Crippen molar-refractivity contribution in [3.8, 4) is 23.0 Å². The second-order valence-corrected chi connectivity index (χ2v) is 6.70. The Morgan fingerprint density at radius 1 is 0.926 bits per heavy atom. The molecule has 0 bridgehead atoms. The summed E-state index contributed by atoms with van der Waals surface area (Å²) in [4.78, 5) is 26.8. The quantitative estimate of drug-likeness (QED) is 0.835. The first kappa shape index (κ1) is 15.8. The number of hydrogen-bond donors (Lipinski definition) is 1. The standard InChI is InChI=1S/C19H16N2O6/c1-19(12-3-5-14-16(7-12)27-10-25-14)17(22)21(18(23)20-19)8-11-2-4-13-15(6-11)26-9-24-13/h2-7H,8-10H2,1H3,(H,20,23). The van der Waals surface area contributed by atoms with Crippen LogP contribution in [0, 0.1) is 0 Å². The molecule has 3 aliphatic heterocycles. The zero-order chi connectivity index (χ0) is 18.6. The lowest BCUT2D eigenvalue weighted by Gasteiger charge is -2.22. The summed E-state index contributed by atoms with van der Waals surface area (Å²) in [6.45, 7) is 2.14. The minimum atomic E-state index is -1.17. The summed E-state index contributed by atoms with van der Waals surface area (Å²) in [6.07, 6.45) is 0. The van der Waals surface area contributed by atoms with Crippen molar-refractivity contribution in [3.05, 3.63) is 47.5 Å². The van der Waals surface area contributed by atoms with Crippen LogP contribution in [0.4, 0.5) is 4.79 Å². The molecule has 0 aliphatic carbocycles. The van der Waals surface area contributed by atoms with Gasteiger partial charge in [0.05, 0.1) is 6.54 Å². The second-order valence-electron chi connectivity index (χ2n) is 6.70. The minimum Gasteiger partial charge on any atom is -0.454 e. The minimum absolute atomic E-state index is 0.140. The summed E-state index contributed by atoms with van der Waals surface area (Å²) in [5.41, 5.74) is 0.241. The molecule has 138 valence electrons. The third-order valence-corrected chi connectivity index (χ3v) is 5.00. The molecule has 8 nitrogen and oxygen atoms in total. The van der Waals surface area contributed by atoms with Gasteiger partial charge >= 0.3 is 6.03 Å². The van der Waals surface area contributed by atoms with Crippen LogP contribution in [0.5, 0.6) is 23.0 Å². The van der Waals surface area contributed by atoms with Gasteiger partial charge in [0.25, 0.3) is 5.91 Å². The van der Waals surface area contributed by atoms with Gasteiger partial charge in [-0.15, -0.1) is 0 Å². The van der Waals surface area contributed by atoms with Crippen molar-refractivity contribution in [2.75, 3.05) is 13.6 Å². The highest BCUT2D eigenvalue weighted by atomic mass is 16.7. The summed E-state index contributed by atoms with van der Waals surface area (Å²) < 4.78 is 21.3. The molecular weight excluding hydrogens is 352 g/mol. The Hall–Kier alpha value is -3.42. The van der Waals surface area contributed by atoms with Crippen molar-refractivity contribution in [1.29, 1.82) is 0 Å². The van der Waals surface area contributed by atoms with Crippen molar-refractivity contribution in [2.24, 2.45) is 0 Å². The molecule has 3 heterocycles. The van der Waals surface area contributed by atoms with Gasteiger partial charge in [0.1, 0.15) is 5.54 Å². The lowest BCUT2D eigenvalue weighted by atomic mass is 9.91. The third kappa shape index (κ3) is 2.37. The molecule has 3 amide bonds. The number of nitrogens with zero attached hydrogens (tertiary/aromatic N) is 1. The number of amides is 3. The van der Waals surface area contributed by atoms with Crippen LogP contribution >= 0.6 is 0 Å². The molecule has 27 heavy (non-hydrogen) atoms. The molecule has 0 radical (unpaired) electrons. The zero-order valence-corrected chi connectivity index (χ0v) is 14.5. The molecule has 0 saturated carbocycles. The molecule has 1 atom stereocenters. The van der Waals surface area contributed by atoms with Crippen molar-refractivity contribution < 1.29 is 28.5 Å². The fraction of sp³-hybridized carbons (Fsp3) is 0.263. The van der Waals surface area contributed by atoms with Crippen LogP contribution in [0.25, 0.3) is 0 Å². The Kier molecular flexibility index (Phi) is 3.24. The zero-order valence-electron chi connectivity index (χ0n) is 14.5. The molecule has 3 aliphatic rings. The number of rotatable bonds is 3. The molecule has 1 saturated heterocycles. The van der Waals surface area contributed by atoms with Crippen molar-refractivity contribution >= 4 is 11.9 Å². The number of urea groups is 1. The lowest BCUT2D eigenvalue weighted by Crippen LogP contribution is -2.40. The van der Waals surface area contributed by atoms with Gasteiger partial charge in [-0.25, -0.2) is 4.79 Å². The normalized spacial score (nSPS) is 22.3. The van der Waals surface area contributed by atoms with Gasteiger partial charge < -0.3 is 24.3 Å². The molecule has 5 rings (SSSR count). The van der Waals surface area contributed by atoms with E-state index in [1.807, 2.05) is 6.07 Å². The summed E-state index contributed by atoms with van der Waals surface area (Å²) in [6, 6.07) is 10.1. The first-order chi connectivity index (χ1) is 13.0. The molecule has 2 aromatic carbocycles. The predicted octanol–water partition coefficient (Wildman–Crippen LogP) is 2.11. The first-order valence-electron chi connectivity index (χ1n) is 8.47. The number of nitrogens with one attached hydrogen (secondary N) is 1. The van der Waals surface area contributed by atoms with Gasteiger partial charge in [-0.3, -0.25) is 9.69 Å². The van der Waals surface area contributed by atoms with Gasteiger partial charge in [-0.05, 0) is 42.3 Å². The van der Waals surface area contributed by atoms with Gasteiger partial charge in [0, 0.05) is 0 Å². The van der Waals surface area contributed by atoms with Crippen molar-refractivity contribution in [3.63, 3.8) is 0 Å². The number of hydrogen-bond acceptors (Lipinski definition) is 6. The van der Waals surface area contributed by atoms with Gasteiger partial charge in [-0.1, -0.05) is 12.1 Å². The SMILES string of the molecule is CC1(c2ccc3c(c2)OCO3)NC(=O)N(Cc2ccc3c(c2)OCO3)C1=O. The topological polar surface area (TPSA) is 86.3 Å². The fourth-order valence-corrected chi connectivity index (χ4v) is 3.47. The van der Waals surface area contributed by atoms with E-state index in [2.05, 4.69) is 5.32 Å². The number of carbonyl (C=O) groups excluding carboxylic acids is 2. The van der Waals surface area contributed by atoms with Crippen molar-refractivity contribution in [1.82, 2.24) is 10.2 Å². The van der Waals surface area contributed by atoms with E-state index < -0.39 is 11.6 Å². The van der Waals surface area contributed by atoms with E-state index in [0.717, 1.165) is 5.56 Å². The van der Waals surface area contributed by atoms with Crippen LogP contribution < -0.4 is 24.3 Å². The highest BCUT2D eigenvalue weighted by Crippen LogP contribution is 2.38. The smallest absolute Gasteiger partial charge is 0.325 e. The van der Waals surface area contributed by atoms with Crippen LogP contribution in [0.1, 0.15) is 18.1 Å². The first-order valence-corrected chi connectivity index (χ1v) is 8.47. The summed E-state index contributed by atoms with van der Waals surface area (Å²) in [5.74, 6) is 2.12. The van der Waals surface area contributed by atoms with Crippen LogP contribution in [0.2, 0.25) is 0 Å². The molecule has 8 heteroatoms. The van der Waals surface area contributed by atoms with Crippen molar-refractivity contribution in [2.45, 2.75) is 19.0 Å². The van der Waals surface area contributed by atoms with E-state index in [-0.39, 0.29) is 26.0 Å². The lowest BCUT2D eigenvalue weighted by molar-refractivity contribution is -0.131. The Bertz CT molecular complexity index is 975. The van der Waals surface area contributed by atoms with Gasteiger partial charge in [0.15, 0.2) is 23.0 Å². The molecule has 1 unspecified atom stereocenters. The van der Waals surface area contributed by atoms with Crippen LogP contribution in [0.3, 0.4) is 0 Å². The predicted molar refractivity (Wildman–Crippen MR) is 91.6 cm³/mol. The van der Waals surface area contributed by atoms with E-state index in [1.165, 1.54) is 4.90 Å². The second kappa shape index (κ2) is 5.54. The third-order valence-electron chi connectivity index (χ3n) is 5.00. The number of ether oxygens (including phenoxy) is 4.